The number of hydrogen-bond acceptors (Lipinski definition) is 2. The second-order valence-electron chi connectivity index (χ2n) is 1.33. The van der Waals surface area contributed by atoms with Crippen molar-refractivity contribution in [1.82, 2.24) is 4.98 Å². The van der Waals surface area contributed by atoms with Gasteiger partial charge in [-0.15, -0.1) is 0 Å². The van der Waals surface area contributed by atoms with Gasteiger partial charge in [-0.25, -0.2) is 0 Å². The lowest BCUT2D eigenvalue weighted by atomic mass is 10.5. The molecule has 0 amide bonds. The summed E-state index contributed by atoms with van der Waals surface area (Å²) in [5, 5.41) is 8.81. The minimum absolute atomic E-state index is 0.174. The summed E-state index contributed by atoms with van der Waals surface area (Å²) in [4.78, 5) is 3.67. The van der Waals surface area contributed by atoms with Crippen LogP contribution in [0.25, 0.3) is 0 Å². The summed E-state index contributed by atoms with van der Waals surface area (Å²) in [6.07, 6.45) is 2.98. The van der Waals surface area contributed by atoms with Crippen molar-refractivity contribution in [2.75, 3.05) is 0 Å². The zero-order valence-electron chi connectivity index (χ0n) is 4.00. The van der Waals surface area contributed by atoms with Crippen LogP contribution in [-0.4, -0.2) is 10.1 Å². The number of pyridine rings is 1. The standard InChI is InChI=1S/C5H4BrNO/c6-4-1-2-7-3-5(4)8/h1-3,8H. The summed E-state index contributed by atoms with van der Waals surface area (Å²) in [7, 11) is 0. The average molecular weight is 174 g/mol. The van der Waals surface area contributed by atoms with Gasteiger partial charge in [0.2, 0.25) is 0 Å². The zero-order chi connectivity index (χ0) is 5.98. The normalized spacial score (nSPS) is 9.12. The Kier molecular flexibility index (Phi) is 1.48. The van der Waals surface area contributed by atoms with Crippen LogP contribution in [-0.2, 0) is 0 Å². The predicted molar refractivity (Wildman–Crippen MR) is 33.6 cm³/mol. The third kappa shape index (κ3) is 0.980. The Bertz CT molecular complexity index is 169. The lowest BCUT2D eigenvalue weighted by Crippen LogP contribution is -1.69. The highest BCUT2D eigenvalue weighted by Gasteiger charge is 1.90. The Hall–Kier alpha value is -0.570. The first-order chi connectivity index (χ1) is 3.80. The molecule has 0 aliphatic rings. The second-order valence-corrected chi connectivity index (χ2v) is 2.18. The molecule has 2 nitrogen and oxygen atoms in total. The van der Waals surface area contributed by atoms with Crippen LogP contribution in [0.3, 0.4) is 0 Å². The van der Waals surface area contributed by atoms with Gasteiger partial charge in [0.25, 0.3) is 0 Å². The average Bonchev–Trinajstić information content (AvgIpc) is 1.77. The smallest absolute Gasteiger partial charge is 0.148 e. The maximum absolute atomic E-state index is 8.81. The monoisotopic (exact) mass is 173 g/mol. The second kappa shape index (κ2) is 2.13. The summed E-state index contributed by atoms with van der Waals surface area (Å²) in [6, 6.07) is 1.68. The van der Waals surface area contributed by atoms with Gasteiger partial charge in [-0.3, -0.25) is 4.98 Å². The van der Waals surface area contributed by atoms with Gasteiger partial charge in [-0.1, -0.05) is 0 Å². The molecule has 0 fully saturated rings. The van der Waals surface area contributed by atoms with Crippen LogP contribution in [0.15, 0.2) is 22.9 Å². The Balaban J connectivity index is 3.13. The molecule has 0 atom stereocenters. The van der Waals surface area contributed by atoms with Crippen LogP contribution in [0, 0.1) is 0 Å². The van der Waals surface area contributed by atoms with Crippen molar-refractivity contribution in [3.05, 3.63) is 22.9 Å². The van der Waals surface area contributed by atoms with Gasteiger partial charge in [0.05, 0.1) is 10.7 Å². The van der Waals surface area contributed by atoms with E-state index >= 15 is 0 Å². The van der Waals surface area contributed by atoms with E-state index in [1.807, 2.05) is 0 Å². The number of halogens is 1. The van der Waals surface area contributed by atoms with Crippen LogP contribution in [0.2, 0.25) is 0 Å². The van der Waals surface area contributed by atoms with Crippen LogP contribution < -0.4 is 0 Å². The van der Waals surface area contributed by atoms with Gasteiger partial charge >= 0.3 is 0 Å². The highest BCUT2D eigenvalue weighted by molar-refractivity contribution is 9.10. The molecule has 1 heterocycles. The summed E-state index contributed by atoms with van der Waals surface area (Å²) in [5.74, 6) is 0.174. The van der Waals surface area contributed by atoms with Crippen LogP contribution in [0.1, 0.15) is 0 Å². The first kappa shape index (κ1) is 5.56. The maximum atomic E-state index is 8.81. The van der Waals surface area contributed by atoms with E-state index in [2.05, 4.69) is 20.9 Å². The fourth-order valence-corrected chi connectivity index (χ4v) is 0.590. The molecule has 1 N–H and O–H groups in total. The molecule has 0 radical (unpaired) electrons. The number of hydrogen-bond donors (Lipinski definition) is 1. The lowest BCUT2D eigenvalue weighted by molar-refractivity contribution is 0.469. The molecule has 0 aromatic carbocycles. The predicted octanol–water partition coefficient (Wildman–Crippen LogP) is 1.55. The molecule has 1 aromatic rings. The third-order valence-electron chi connectivity index (χ3n) is 0.748. The number of nitrogens with zero attached hydrogens (tertiary/aromatic N) is 1. The van der Waals surface area contributed by atoms with Gasteiger partial charge < -0.3 is 5.11 Å². The molecule has 3 heteroatoms. The van der Waals surface area contributed by atoms with E-state index in [1.54, 1.807) is 12.3 Å². The number of aromatic nitrogens is 1. The molecule has 0 aliphatic carbocycles. The minimum atomic E-state index is 0.174. The molecule has 8 heavy (non-hydrogen) atoms. The Morgan fingerprint density at radius 2 is 2.38 bits per heavy atom. The summed E-state index contributed by atoms with van der Waals surface area (Å²) >= 11 is 3.11. The first-order valence-corrected chi connectivity index (χ1v) is 2.88. The molecule has 0 unspecified atom stereocenters. The van der Waals surface area contributed by atoms with E-state index in [1.165, 1.54) is 6.20 Å². The van der Waals surface area contributed by atoms with Gasteiger partial charge in [0.15, 0.2) is 0 Å². The van der Waals surface area contributed by atoms with Gasteiger partial charge in [0, 0.05) is 6.20 Å². The molecule has 42 valence electrons. The SMILES string of the molecule is Oc1cnccc1Br. The molecule has 1 rings (SSSR count). The van der Waals surface area contributed by atoms with Crippen molar-refractivity contribution < 1.29 is 5.11 Å². The molecule has 1 aromatic heterocycles. The summed E-state index contributed by atoms with van der Waals surface area (Å²) in [6.45, 7) is 0. The van der Waals surface area contributed by atoms with E-state index in [0.29, 0.717) is 4.47 Å². The van der Waals surface area contributed by atoms with Crippen LogP contribution in [0.5, 0.6) is 5.75 Å². The van der Waals surface area contributed by atoms with Crippen LogP contribution in [0.4, 0.5) is 0 Å². The van der Waals surface area contributed by atoms with Crippen molar-refractivity contribution >= 4 is 15.9 Å². The van der Waals surface area contributed by atoms with Gasteiger partial charge in [-0.05, 0) is 22.0 Å². The minimum Gasteiger partial charge on any atom is -0.505 e. The zero-order valence-corrected chi connectivity index (χ0v) is 5.59. The Labute approximate surface area is 55.3 Å². The van der Waals surface area contributed by atoms with Crippen molar-refractivity contribution in [2.24, 2.45) is 0 Å². The van der Waals surface area contributed by atoms with Gasteiger partial charge in [-0.2, -0.15) is 0 Å². The summed E-state index contributed by atoms with van der Waals surface area (Å²) in [5.41, 5.74) is 0. The van der Waals surface area contributed by atoms with Crippen LogP contribution >= 0.6 is 15.9 Å². The van der Waals surface area contributed by atoms with Crippen molar-refractivity contribution in [3.63, 3.8) is 0 Å². The Morgan fingerprint density at radius 3 is 2.75 bits per heavy atom. The molecular weight excluding hydrogens is 170 g/mol. The first-order valence-electron chi connectivity index (χ1n) is 2.09. The van der Waals surface area contributed by atoms with Crippen molar-refractivity contribution in [1.29, 1.82) is 0 Å². The lowest BCUT2D eigenvalue weighted by Gasteiger charge is -1.89. The molecule has 0 aliphatic heterocycles. The quantitative estimate of drug-likeness (QED) is 0.647. The Morgan fingerprint density at radius 1 is 1.62 bits per heavy atom. The van der Waals surface area contributed by atoms with Gasteiger partial charge in [0.1, 0.15) is 5.75 Å². The molecule has 0 bridgehead atoms. The number of aromatic hydroxyl groups is 1. The number of rotatable bonds is 0. The van der Waals surface area contributed by atoms with E-state index in [4.69, 9.17) is 5.11 Å². The summed E-state index contributed by atoms with van der Waals surface area (Å²) < 4.78 is 0.674. The third-order valence-corrected chi connectivity index (χ3v) is 1.42. The highest BCUT2D eigenvalue weighted by Crippen LogP contribution is 2.19. The highest BCUT2D eigenvalue weighted by atomic mass is 79.9. The largest absolute Gasteiger partial charge is 0.505 e. The molecular formula is C5H4BrNO. The van der Waals surface area contributed by atoms with Crippen molar-refractivity contribution in [2.45, 2.75) is 0 Å². The van der Waals surface area contributed by atoms with E-state index in [9.17, 15) is 0 Å². The maximum Gasteiger partial charge on any atom is 0.148 e. The topological polar surface area (TPSA) is 33.1 Å². The molecule has 0 saturated carbocycles. The molecule has 0 spiro atoms. The van der Waals surface area contributed by atoms with E-state index in [-0.39, 0.29) is 5.75 Å². The fourth-order valence-electron chi connectivity index (χ4n) is 0.369. The van der Waals surface area contributed by atoms with E-state index in [0.717, 1.165) is 0 Å². The molecule has 0 saturated heterocycles. The van der Waals surface area contributed by atoms with E-state index < -0.39 is 0 Å². The van der Waals surface area contributed by atoms with Crippen molar-refractivity contribution in [3.8, 4) is 5.75 Å². The fraction of sp³-hybridized carbons (Fsp3) is 0.